The summed E-state index contributed by atoms with van der Waals surface area (Å²) in [7, 11) is 0. The lowest BCUT2D eigenvalue weighted by molar-refractivity contribution is -0.149. The van der Waals surface area contributed by atoms with Crippen LogP contribution in [0.3, 0.4) is 0 Å². The highest BCUT2D eigenvalue weighted by molar-refractivity contribution is 8.18. The third-order valence-electron chi connectivity index (χ3n) is 5.68. The van der Waals surface area contributed by atoms with Crippen molar-refractivity contribution < 1.29 is 19.1 Å². The fourth-order valence-electron chi connectivity index (χ4n) is 4.46. The first-order chi connectivity index (χ1) is 14.5. The number of anilines is 1. The van der Waals surface area contributed by atoms with Gasteiger partial charge in [0.2, 0.25) is 0 Å². The van der Waals surface area contributed by atoms with E-state index in [9.17, 15) is 14.4 Å². The number of esters is 1. The van der Waals surface area contributed by atoms with Gasteiger partial charge in [0.05, 0.1) is 11.0 Å². The van der Waals surface area contributed by atoms with Gasteiger partial charge in [-0.05, 0) is 87.6 Å². The Hall–Kier alpha value is -2.28. The lowest BCUT2D eigenvalue weighted by Crippen LogP contribution is -2.48. The second kappa shape index (κ2) is 9.07. The summed E-state index contributed by atoms with van der Waals surface area (Å²) in [6.07, 6.45) is 3.58. The molecular formula is C24H32N2O4S. The molecule has 0 bridgehead atoms. The van der Waals surface area contributed by atoms with Gasteiger partial charge < -0.3 is 9.64 Å². The molecule has 2 aliphatic heterocycles. The highest BCUT2D eigenvalue weighted by Gasteiger charge is 2.38. The average Bonchev–Trinajstić information content (AvgIpc) is 2.91. The molecule has 0 N–H and O–H groups in total. The SMILES string of the molecule is CCCN1c2ccc(/C=C3\SC(=O)N(CC(=O)OC(C)C)C3=O)cc2C(C)CC1(C)C. The molecule has 2 aliphatic rings. The summed E-state index contributed by atoms with van der Waals surface area (Å²) in [6.45, 7) is 13.1. The zero-order valence-electron chi connectivity index (χ0n) is 19.2. The quantitative estimate of drug-likeness (QED) is 0.445. The molecule has 0 aliphatic carbocycles. The van der Waals surface area contributed by atoms with Crippen molar-refractivity contribution in [3.8, 4) is 0 Å². The molecule has 0 spiro atoms. The minimum Gasteiger partial charge on any atom is -0.462 e. The van der Waals surface area contributed by atoms with Crippen LogP contribution in [0.15, 0.2) is 23.1 Å². The maximum Gasteiger partial charge on any atom is 0.326 e. The Labute approximate surface area is 189 Å². The third-order valence-corrected chi connectivity index (χ3v) is 6.59. The van der Waals surface area contributed by atoms with E-state index in [0.29, 0.717) is 10.8 Å². The van der Waals surface area contributed by atoms with Gasteiger partial charge in [-0.15, -0.1) is 0 Å². The van der Waals surface area contributed by atoms with E-state index in [-0.39, 0.29) is 18.2 Å². The largest absolute Gasteiger partial charge is 0.462 e. The Morgan fingerprint density at radius 3 is 2.68 bits per heavy atom. The number of hydrogen-bond acceptors (Lipinski definition) is 6. The Bertz CT molecular complexity index is 922. The molecule has 0 radical (unpaired) electrons. The van der Waals surface area contributed by atoms with Crippen molar-refractivity contribution in [3.63, 3.8) is 0 Å². The van der Waals surface area contributed by atoms with Gasteiger partial charge in [0.1, 0.15) is 6.54 Å². The number of benzene rings is 1. The molecule has 1 unspecified atom stereocenters. The molecule has 3 rings (SSSR count). The van der Waals surface area contributed by atoms with Crippen molar-refractivity contribution in [3.05, 3.63) is 34.2 Å². The number of carbonyl (C=O) groups is 3. The van der Waals surface area contributed by atoms with Crippen LogP contribution in [0.4, 0.5) is 10.5 Å². The number of nitrogens with zero attached hydrogens (tertiary/aromatic N) is 2. The lowest BCUT2D eigenvalue weighted by Gasteiger charge is -2.47. The van der Waals surface area contributed by atoms with Crippen LogP contribution in [0, 0.1) is 0 Å². The zero-order chi connectivity index (χ0) is 22.9. The average molecular weight is 445 g/mol. The number of amides is 2. The van der Waals surface area contributed by atoms with Gasteiger partial charge in [0.25, 0.3) is 11.1 Å². The standard InChI is InChI=1S/C24H32N2O4S/c1-7-10-26-19-9-8-17(11-18(19)16(4)13-24(26,5)6)12-20-22(28)25(23(29)31-20)14-21(27)30-15(2)3/h8-9,11-12,15-16H,7,10,13-14H2,1-6H3/b20-12-. The molecule has 1 atom stereocenters. The van der Waals surface area contributed by atoms with Crippen molar-refractivity contribution in [2.24, 2.45) is 0 Å². The molecule has 7 heteroatoms. The summed E-state index contributed by atoms with van der Waals surface area (Å²) in [5.74, 6) is -0.637. The van der Waals surface area contributed by atoms with Crippen LogP contribution in [-0.2, 0) is 14.3 Å². The maximum atomic E-state index is 12.7. The highest BCUT2D eigenvalue weighted by atomic mass is 32.2. The summed E-state index contributed by atoms with van der Waals surface area (Å²) in [6, 6.07) is 6.24. The minimum atomic E-state index is -0.584. The fraction of sp³-hybridized carbons (Fsp3) is 0.542. The third kappa shape index (κ3) is 4.97. The molecule has 1 aromatic carbocycles. The first-order valence-corrected chi connectivity index (χ1v) is 11.7. The van der Waals surface area contributed by atoms with Crippen LogP contribution in [0.25, 0.3) is 6.08 Å². The molecular weight excluding hydrogens is 412 g/mol. The number of imide groups is 1. The second-order valence-electron chi connectivity index (χ2n) is 9.19. The summed E-state index contributed by atoms with van der Waals surface area (Å²) < 4.78 is 5.06. The number of hydrogen-bond donors (Lipinski definition) is 0. The minimum absolute atomic E-state index is 0.0944. The van der Waals surface area contributed by atoms with E-state index >= 15 is 0 Å². The fourth-order valence-corrected chi connectivity index (χ4v) is 5.30. The first kappa shape index (κ1) is 23.4. The molecule has 2 amide bonds. The molecule has 0 saturated carbocycles. The van der Waals surface area contributed by atoms with Crippen LogP contribution >= 0.6 is 11.8 Å². The van der Waals surface area contributed by atoms with Crippen LogP contribution in [0.2, 0.25) is 0 Å². The van der Waals surface area contributed by atoms with Gasteiger partial charge in [0.15, 0.2) is 0 Å². The van der Waals surface area contributed by atoms with Gasteiger partial charge in [-0.2, -0.15) is 0 Å². The van der Waals surface area contributed by atoms with E-state index in [4.69, 9.17) is 4.74 Å². The lowest BCUT2D eigenvalue weighted by atomic mass is 9.79. The first-order valence-electron chi connectivity index (χ1n) is 10.9. The van der Waals surface area contributed by atoms with E-state index in [1.165, 1.54) is 11.3 Å². The molecule has 6 nitrogen and oxygen atoms in total. The van der Waals surface area contributed by atoms with Crippen LogP contribution in [-0.4, -0.2) is 46.7 Å². The van der Waals surface area contributed by atoms with Gasteiger partial charge in [-0.25, -0.2) is 0 Å². The zero-order valence-corrected chi connectivity index (χ0v) is 20.0. The summed E-state index contributed by atoms with van der Waals surface area (Å²) in [5.41, 5.74) is 3.49. The Balaban J connectivity index is 1.85. The summed E-state index contributed by atoms with van der Waals surface area (Å²) >= 11 is 0.864. The molecule has 1 fully saturated rings. The topological polar surface area (TPSA) is 66.9 Å². The second-order valence-corrected chi connectivity index (χ2v) is 10.2. The van der Waals surface area contributed by atoms with Crippen molar-refractivity contribution in [2.75, 3.05) is 18.0 Å². The van der Waals surface area contributed by atoms with E-state index in [1.54, 1.807) is 19.9 Å². The van der Waals surface area contributed by atoms with Crippen molar-refractivity contribution in [2.45, 2.75) is 71.9 Å². The molecule has 2 heterocycles. The number of thioether (sulfide) groups is 1. The number of fused-ring (bicyclic) bond motifs is 1. The van der Waals surface area contributed by atoms with Crippen LogP contribution < -0.4 is 4.90 Å². The Morgan fingerprint density at radius 1 is 1.32 bits per heavy atom. The predicted molar refractivity (Wildman–Crippen MR) is 125 cm³/mol. The van der Waals surface area contributed by atoms with Crippen molar-refractivity contribution in [1.29, 1.82) is 0 Å². The number of carbonyl (C=O) groups excluding carboxylic acids is 3. The molecule has 1 aromatic rings. The monoisotopic (exact) mass is 444 g/mol. The smallest absolute Gasteiger partial charge is 0.326 e. The van der Waals surface area contributed by atoms with E-state index in [1.807, 2.05) is 6.07 Å². The number of rotatable bonds is 6. The van der Waals surface area contributed by atoms with Gasteiger partial charge >= 0.3 is 5.97 Å². The predicted octanol–water partition coefficient (Wildman–Crippen LogP) is 5.18. The van der Waals surface area contributed by atoms with Crippen molar-refractivity contribution >= 4 is 40.6 Å². The van der Waals surface area contributed by atoms with Crippen LogP contribution in [0.1, 0.15) is 71.4 Å². The van der Waals surface area contributed by atoms with Crippen LogP contribution in [0.5, 0.6) is 0 Å². The number of ether oxygens (including phenoxy) is 1. The molecule has 1 saturated heterocycles. The van der Waals surface area contributed by atoms with Gasteiger partial charge in [0, 0.05) is 17.8 Å². The molecule has 168 valence electrons. The summed E-state index contributed by atoms with van der Waals surface area (Å²) in [4.78, 5) is 40.7. The Morgan fingerprint density at radius 2 is 2.03 bits per heavy atom. The van der Waals surface area contributed by atoms with E-state index < -0.39 is 17.1 Å². The molecule has 31 heavy (non-hydrogen) atoms. The van der Waals surface area contributed by atoms with E-state index in [2.05, 4.69) is 44.7 Å². The van der Waals surface area contributed by atoms with Gasteiger partial charge in [-0.3, -0.25) is 19.3 Å². The van der Waals surface area contributed by atoms with E-state index in [0.717, 1.165) is 41.6 Å². The van der Waals surface area contributed by atoms with Crippen molar-refractivity contribution in [1.82, 2.24) is 4.90 Å². The normalized spacial score (nSPS) is 21.8. The molecule has 0 aromatic heterocycles. The van der Waals surface area contributed by atoms with Gasteiger partial charge in [-0.1, -0.05) is 19.9 Å². The highest BCUT2D eigenvalue weighted by Crippen LogP contribution is 2.44. The Kier molecular flexibility index (Phi) is 6.84. The summed E-state index contributed by atoms with van der Waals surface area (Å²) in [5, 5.41) is -0.445. The maximum absolute atomic E-state index is 12.7.